The second-order valence-corrected chi connectivity index (χ2v) is 6.27. The molecule has 21 heavy (non-hydrogen) atoms. The van der Waals surface area contributed by atoms with Gasteiger partial charge in [-0.15, -0.1) is 5.10 Å². The van der Waals surface area contributed by atoms with Crippen molar-refractivity contribution in [3.63, 3.8) is 0 Å². The molecule has 112 valence electrons. The predicted octanol–water partition coefficient (Wildman–Crippen LogP) is 3.21. The largest absolute Gasteiger partial charge is 0.385 e. The lowest BCUT2D eigenvalue weighted by Crippen LogP contribution is -2.21. The van der Waals surface area contributed by atoms with Gasteiger partial charge in [0.05, 0.1) is 5.69 Å². The Morgan fingerprint density at radius 3 is 3.00 bits per heavy atom. The van der Waals surface area contributed by atoms with E-state index in [-0.39, 0.29) is 0 Å². The molecule has 2 unspecified atom stereocenters. The van der Waals surface area contributed by atoms with Crippen LogP contribution in [0.2, 0.25) is 0 Å². The Labute approximate surface area is 125 Å². The number of rotatable bonds is 4. The molecule has 0 spiro atoms. The summed E-state index contributed by atoms with van der Waals surface area (Å²) in [5, 5.41) is 15.0. The Kier molecular flexibility index (Phi) is 4.18. The Balaban J connectivity index is 1.67. The van der Waals surface area contributed by atoms with Crippen molar-refractivity contribution >= 4 is 5.69 Å². The highest BCUT2D eigenvalue weighted by Gasteiger charge is 2.18. The number of aromatic nitrogens is 4. The maximum Gasteiger partial charge on any atom is 0.143 e. The average Bonchev–Trinajstić information content (AvgIpc) is 3.00. The van der Waals surface area contributed by atoms with Gasteiger partial charge in [0.1, 0.15) is 6.33 Å². The van der Waals surface area contributed by atoms with Gasteiger partial charge in [-0.2, -0.15) is 0 Å². The van der Waals surface area contributed by atoms with Crippen LogP contribution < -0.4 is 5.32 Å². The third-order valence-corrected chi connectivity index (χ3v) is 4.44. The third-order valence-electron chi connectivity index (χ3n) is 4.44. The number of anilines is 1. The predicted molar refractivity (Wildman–Crippen MR) is 83.5 cm³/mol. The van der Waals surface area contributed by atoms with Crippen molar-refractivity contribution in [1.82, 2.24) is 20.2 Å². The first-order valence-electron chi connectivity index (χ1n) is 7.80. The summed E-state index contributed by atoms with van der Waals surface area (Å²) in [7, 11) is 0. The molecule has 0 aliphatic heterocycles. The Bertz CT molecular complexity index is 578. The van der Waals surface area contributed by atoms with Crippen molar-refractivity contribution in [2.45, 2.75) is 39.5 Å². The van der Waals surface area contributed by atoms with Crippen LogP contribution in [0.5, 0.6) is 0 Å². The zero-order valence-electron chi connectivity index (χ0n) is 12.8. The lowest BCUT2D eigenvalue weighted by Gasteiger charge is -2.27. The Morgan fingerprint density at radius 1 is 1.33 bits per heavy atom. The molecule has 0 saturated heterocycles. The first-order chi connectivity index (χ1) is 10.2. The van der Waals surface area contributed by atoms with Gasteiger partial charge < -0.3 is 5.32 Å². The van der Waals surface area contributed by atoms with Crippen LogP contribution in [0.25, 0.3) is 5.69 Å². The molecular formula is C16H23N5. The van der Waals surface area contributed by atoms with E-state index in [0.29, 0.717) is 0 Å². The molecule has 1 fully saturated rings. The van der Waals surface area contributed by atoms with Crippen LogP contribution in [-0.2, 0) is 0 Å². The fraction of sp³-hybridized carbons (Fsp3) is 0.562. The van der Waals surface area contributed by atoms with Crippen molar-refractivity contribution in [3.8, 4) is 5.69 Å². The van der Waals surface area contributed by atoms with E-state index in [1.165, 1.54) is 31.2 Å². The van der Waals surface area contributed by atoms with Crippen LogP contribution >= 0.6 is 0 Å². The quantitative estimate of drug-likeness (QED) is 0.937. The standard InChI is InChI=1S/C16H23N5/c1-12-4-3-5-14(8-12)10-17-15-7-6-13(2)16(9-15)21-11-18-19-20-21/h6-7,9,11-12,14,17H,3-5,8,10H2,1-2H3. The monoisotopic (exact) mass is 285 g/mol. The van der Waals surface area contributed by atoms with Gasteiger partial charge in [-0.25, -0.2) is 4.68 Å². The topological polar surface area (TPSA) is 55.6 Å². The molecule has 2 aromatic rings. The van der Waals surface area contributed by atoms with E-state index in [1.807, 2.05) is 0 Å². The maximum absolute atomic E-state index is 3.98. The van der Waals surface area contributed by atoms with Crippen LogP contribution in [0.1, 0.15) is 38.2 Å². The van der Waals surface area contributed by atoms with E-state index >= 15 is 0 Å². The lowest BCUT2D eigenvalue weighted by molar-refractivity contribution is 0.293. The fourth-order valence-corrected chi connectivity index (χ4v) is 3.25. The molecule has 3 rings (SSSR count). The first kappa shape index (κ1) is 14.0. The highest BCUT2D eigenvalue weighted by atomic mass is 15.5. The van der Waals surface area contributed by atoms with Crippen LogP contribution in [-0.4, -0.2) is 26.8 Å². The summed E-state index contributed by atoms with van der Waals surface area (Å²) in [6.07, 6.45) is 7.10. The normalized spacial score (nSPS) is 22.2. The summed E-state index contributed by atoms with van der Waals surface area (Å²) in [5.41, 5.74) is 3.34. The summed E-state index contributed by atoms with van der Waals surface area (Å²) in [6.45, 7) is 5.50. The third kappa shape index (κ3) is 3.40. The van der Waals surface area contributed by atoms with E-state index in [4.69, 9.17) is 0 Å². The van der Waals surface area contributed by atoms with Gasteiger partial charge in [0.25, 0.3) is 0 Å². The molecule has 1 aromatic carbocycles. The number of hydrogen-bond donors (Lipinski definition) is 1. The number of tetrazole rings is 1. The van der Waals surface area contributed by atoms with Crippen LogP contribution in [0.4, 0.5) is 5.69 Å². The molecule has 2 atom stereocenters. The Morgan fingerprint density at radius 2 is 2.24 bits per heavy atom. The van der Waals surface area contributed by atoms with Gasteiger partial charge in [0.2, 0.25) is 0 Å². The Hall–Kier alpha value is -1.91. The zero-order valence-corrected chi connectivity index (χ0v) is 12.8. The van der Waals surface area contributed by atoms with E-state index in [9.17, 15) is 0 Å². The lowest BCUT2D eigenvalue weighted by atomic mass is 9.82. The van der Waals surface area contributed by atoms with E-state index in [0.717, 1.165) is 29.8 Å². The second-order valence-electron chi connectivity index (χ2n) is 6.27. The van der Waals surface area contributed by atoms with E-state index in [1.54, 1.807) is 11.0 Å². The number of aryl methyl sites for hydroxylation is 1. The summed E-state index contributed by atoms with van der Waals surface area (Å²) in [4.78, 5) is 0. The van der Waals surface area contributed by atoms with E-state index in [2.05, 4.69) is 52.9 Å². The van der Waals surface area contributed by atoms with Crippen molar-refractivity contribution in [2.75, 3.05) is 11.9 Å². The molecule has 1 aliphatic rings. The van der Waals surface area contributed by atoms with Crippen LogP contribution in [0, 0.1) is 18.8 Å². The highest BCUT2D eigenvalue weighted by Crippen LogP contribution is 2.29. The number of nitrogens with one attached hydrogen (secondary N) is 1. The van der Waals surface area contributed by atoms with Gasteiger partial charge in [-0.05, 0) is 59.7 Å². The average molecular weight is 285 g/mol. The van der Waals surface area contributed by atoms with Crippen molar-refractivity contribution < 1.29 is 0 Å². The van der Waals surface area contributed by atoms with Gasteiger partial charge in [-0.3, -0.25) is 0 Å². The minimum Gasteiger partial charge on any atom is -0.385 e. The fourth-order valence-electron chi connectivity index (χ4n) is 3.25. The summed E-state index contributed by atoms with van der Waals surface area (Å²) in [6, 6.07) is 6.37. The van der Waals surface area contributed by atoms with Crippen molar-refractivity contribution in [2.24, 2.45) is 11.8 Å². The molecule has 1 N–H and O–H groups in total. The molecule has 0 amide bonds. The van der Waals surface area contributed by atoms with Gasteiger partial charge in [0.15, 0.2) is 0 Å². The number of hydrogen-bond acceptors (Lipinski definition) is 4. The SMILES string of the molecule is Cc1ccc(NCC2CCCC(C)C2)cc1-n1cnnn1. The highest BCUT2D eigenvalue weighted by molar-refractivity contribution is 5.54. The van der Waals surface area contributed by atoms with Crippen molar-refractivity contribution in [1.29, 1.82) is 0 Å². The van der Waals surface area contributed by atoms with Gasteiger partial charge >= 0.3 is 0 Å². The zero-order chi connectivity index (χ0) is 14.7. The maximum atomic E-state index is 3.98. The van der Waals surface area contributed by atoms with Crippen LogP contribution in [0.15, 0.2) is 24.5 Å². The summed E-state index contributed by atoms with van der Waals surface area (Å²) in [5.74, 6) is 1.67. The number of nitrogens with zero attached hydrogens (tertiary/aromatic N) is 4. The molecular weight excluding hydrogens is 262 g/mol. The molecule has 5 nitrogen and oxygen atoms in total. The van der Waals surface area contributed by atoms with Gasteiger partial charge in [-0.1, -0.05) is 25.8 Å². The molecule has 5 heteroatoms. The minimum absolute atomic E-state index is 0.798. The summed E-state index contributed by atoms with van der Waals surface area (Å²) >= 11 is 0. The molecule has 1 saturated carbocycles. The summed E-state index contributed by atoms with van der Waals surface area (Å²) < 4.78 is 1.71. The molecule has 1 heterocycles. The first-order valence-corrected chi connectivity index (χ1v) is 7.80. The van der Waals surface area contributed by atoms with Crippen LogP contribution in [0.3, 0.4) is 0 Å². The number of benzene rings is 1. The van der Waals surface area contributed by atoms with E-state index < -0.39 is 0 Å². The molecule has 0 radical (unpaired) electrons. The smallest absolute Gasteiger partial charge is 0.143 e. The van der Waals surface area contributed by atoms with Gasteiger partial charge in [0, 0.05) is 12.2 Å². The van der Waals surface area contributed by atoms with Crippen molar-refractivity contribution in [3.05, 3.63) is 30.1 Å². The second kappa shape index (κ2) is 6.24. The minimum atomic E-state index is 0.798. The molecule has 1 aromatic heterocycles. The molecule has 0 bridgehead atoms. The molecule has 1 aliphatic carbocycles.